The lowest BCUT2D eigenvalue weighted by Crippen LogP contribution is -1.90. The molecule has 2 aromatic rings. The van der Waals surface area contributed by atoms with Crippen LogP contribution in [0.2, 0.25) is 0 Å². The van der Waals surface area contributed by atoms with Gasteiger partial charge in [0.2, 0.25) is 11.0 Å². The second kappa shape index (κ2) is 4.18. The first kappa shape index (κ1) is 9.79. The van der Waals surface area contributed by atoms with Crippen LogP contribution < -0.4 is 4.74 Å². The van der Waals surface area contributed by atoms with Crippen molar-refractivity contribution in [3.8, 4) is 17.1 Å². The smallest absolute Gasteiger partial charge is 0.222 e. The first-order valence-corrected chi connectivity index (χ1v) is 5.14. The number of pyridine rings is 1. The molecule has 2 heterocycles. The maximum absolute atomic E-state index is 5.15. The van der Waals surface area contributed by atoms with Crippen LogP contribution in [-0.4, -0.2) is 23.8 Å². The quantitative estimate of drug-likeness (QED) is 0.745. The molecule has 0 atom stereocenters. The Labute approximate surface area is 91.3 Å². The van der Waals surface area contributed by atoms with E-state index in [1.165, 1.54) is 11.3 Å². The minimum absolute atomic E-state index is 0.568. The fourth-order valence-electron chi connectivity index (χ4n) is 1.21. The largest absolute Gasteiger partial charge is 0.481 e. The van der Waals surface area contributed by atoms with E-state index in [1.54, 1.807) is 13.3 Å². The van der Waals surface area contributed by atoms with Gasteiger partial charge < -0.3 is 4.74 Å². The first-order valence-electron chi connectivity index (χ1n) is 4.27. The Morgan fingerprint density at radius 1 is 1.53 bits per heavy atom. The average Bonchev–Trinajstić information content (AvgIpc) is 2.77. The van der Waals surface area contributed by atoms with Crippen molar-refractivity contribution in [1.29, 1.82) is 0 Å². The highest BCUT2D eigenvalue weighted by atomic mass is 32.1. The molecule has 0 aliphatic rings. The Balaban J connectivity index is 2.48. The molecule has 0 unspecified atom stereocenters. The molecule has 76 valence electrons. The van der Waals surface area contributed by atoms with Crippen LogP contribution in [0, 0.1) is 0 Å². The third kappa shape index (κ3) is 1.87. The number of aromatic nitrogens is 2. The highest BCUT2D eigenvalue weighted by molar-refractivity contribution is 7.13. The monoisotopic (exact) mass is 219 g/mol. The lowest BCUT2D eigenvalue weighted by Gasteiger charge is -2.02. The van der Waals surface area contributed by atoms with Gasteiger partial charge in [-0.3, -0.25) is 0 Å². The number of thiazole rings is 1. The molecule has 4 nitrogen and oxygen atoms in total. The molecule has 0 aromatic carbocycles. The van der Waals surface area contributed by atoms with Crippen LogP contribution >= 0.6 is 11.3 Å². The van der Waals surface area contributed by atoms with E-state index in [9.17, 15) is 0 Å². The lowest BCUT2D eigenvalue weighted by molar-refractivity contribution is 0.399. The predicted molar refractivity (Wildman–Crippen MR) is 61.1 cm³/mol. The zero-order chi connectivity index (χ0) is 10.7. The van der Waals surface area contributed by atoms with Crippen LogP contribution in [-0.2, 0) is 0 Å². The molecule has 0 radical (unpaired) electrons. The van der Waals surface area contributed by atoms with Gasteiger partial charge >= 0.3 is 0 Å². The van der Waals surface area contributed by atoms with Crippen molar-refractivity contribution in [2.75, 3.05) is 7.11 Å². The van der Waals surface area contributed by atoms with Crippen molar-refractivity contribution in [3.05, 3.63) is 23.7 Å². The van der Waals surface area contributed by atoms with Gasteiger partial charge in [-0.1, -0.05) is 0 Å². The standard InChI is InChI=1S/C10H9N3OS/c1-11-10-13-8(6-15-10)7-4-3-5-12-9(7)14-2/h3-6H,1H2,2H3. The van der Waals surface area contributed by atoms with Crippen molar-refractivity contribution in [2.24, 2.45) is 4.99 Å². The van der Waals surface area contributed by atoms with E-state index in [4.69, 9.17) is 4.74 Å². The van der Waals surface area contributed by atoms with Gasteiger partial charge in [0, 0.05) is 11.6 Å². The summed E-state index contributed by atoms with van der Waals surface area (Å²) in [5, 5.41) is 2.56. The molecule has 15 heavy (non-hydrogen) atoms. The van der Waals surface area contributed by atoms with Crippen LogP contribution in [0.1, 0.15) is 0 Å². The molecule has 0 saturated carbocycles. The van der Waals surface area contributed by atoms with Gasteiger partial charge in [-0.25, -0.2) is 15.0 Å². The third-order valence-electron chi connectivity index (χ3n) is 1.87. The van der Waals surface area contributed by atoms with E-state index >= 15 is 0 Å². The Morgan fingerprint density at radius 3 is 3.07 bits per heavy atom. The molecule has 0 aliphatic heterocycles. The molecule has 0 fully saturated rings. The molecule has 5 heteroatoms. The van der Waals surface area contributed by atoms with Crippen LogP contribution in [0.5, 0.6) is 5.88 Å². The summed E-state index contributed by atoms with van der Waals surface area (Å²) >= 11 is 1.44. The van der Waals surface area contributed by atoms with Gasteiger partial charge in [-0.05, 0) is 18.9 Å². The van der Waals surface area contributed by atoms with Crippen LogP contribution in [0.25, 0.3) is 11.3 Å². The third-order valence-corrected chi connectivity index (χ3v) is 2.64. The summed E-state index contributed by atoms with van der Waals surface area (Å²) in [4.78, 5) is 12.2. The molecular weight excluding hydrogens is 210 g/mol. The van der Waals surface area contributed by atoms with Crippen LogP contribution in [0.4, 0.5) is 5.13 Å². The molecule has 0 spiro atoms. The van der Waals surface area contributed by atoms with Crippen molar-refractivity contribution < 1.29 is 4.74 Å². The Kier molecular flexibility index (Phi) is 2.73. The Hall–Kier alpha value is -1.75. The van der Waals surface area contributed by atoms with E-state index in [0.29, 0.717) is 11.0 Å². The van der Waals surface area contributed by atoms with E-state index in [2.05, 4.69) is 21.7 Å². The number of rotatable bonds is 3. The number of aliphatic imine (C=N–C) groups is 1. The number of nitrogens with zero attached hydrogens (tertiary/aromatic N) is 3. The van der Waals surface area contributed by atoms with E-state index in [1.807, 2.05) is 17.5 Å². The molecule has 2 aromatic heterocycles. The molecule has 0 saturated heterocycles. The average molecular weight is 219 g/mol. The summed E-state index contributed by atoms with van der Waals surface area (Å²) < 4.78 is 5.15. The zero-order valence-electron chi connectivity index (χ0n) is 8.17. The van der Waals surface area contributed by atoms with E-state index in [0.717, 1.165) is 11.3 Å². The maximum Gasteiger partial charge on any atom is 0.222 e. The second-order valence-corrected chi connectivity index (χ2v) is 3.57. The van der Waals surface area contributed by atoms with E-state index < -0.39 is 0 Å². The van der Waals surface area contributed by atoms with E-state index in [-0.39, 0.29) is 0 Å². The zero-order valence-corrected chi connectivity index (χ0v) is 8.99. The predicted octanol–water partition coefficient (Wildman–Crippen LogP) is 2.55. The number of methoxy groups -OCH3 is 1. The summed E-state index contributed by atoms with van der Waals surface area (Å²) in [5.74, 6) is 0.568. The van der Waals surface area contributed by atoms with Crippen molar-refractivity contribution >= 4 is 23.2 Å². The molecular formula is C10H9N3OS. The van der Waals surface area contributed by atoms with Crippen molar-refractivity contribution in [3.63, 3.8) is 0 Å². The first-order chi connectivity index (χ1) is 7.35. The fourth-order valence-corrected chi connectivity index (χ4v) is 1.83. The Morgan fingerprint density at radius 2 is 2.40 bits per heavy atom. The fraction of sp³-hybridized carbons (Fsp3) is 0.100. The minimum atomic E-state index is 0.568. The highest BCUT2D eigenvalue weighted by Crippen LogP contribution is 2.30. The number of hydrogen-bond acceptors (Lipinski definition) is 5. The summed E-state index contributed by atoms with van der Waals surface area (Å²) in [6.45, 7) is 3.43. The summed E-state index contributed by atoms with van der Waals surface area (Å²) in [6, 6.07) is 3.76. The van der Waals surface area contributed by atoms with Gasteiger partial charge in [0.15, 0.2) is 0 Å². The van der Waals surface area contributed by atoms with Crippen molar-refractivity contribution in [1.82, 2.24) is 9.97 Å². The topological polar surface area (TPSA) is 47.4 Å². The molecule has 0 bridgehead atoms. The molecule has 0 N–H and O–H groups in total. The SMILES string of the molecule is C=Nc1nc(-c2cccnc2OC)cs1. The van der Waals surface area contributed by atoms with Gasteiger partial charge in [-0.2, -0.15) is 0 Å². The normalized spacial score (nSPS) is 9.93. The maximum atomic E-state index is 5.15. The molecule has 2 rings (SSSR count). The number of hydrogen-bond donors (Lipinski definition) is 0. The van der Waals surface area contributed by atoms with Crippen LogP contribution in [0.3, 0.4) is 0 Å². The number of ether oxygens (including phenoxy) is 1. The van der Waals surface area contributed by atoms with Crippen LogP contribution in [0.15, 0.2) is 28.7 Å². The summed E-state index contributed by atoms with van der Waals surface area (Å²) in [7, 11) is 1.59. The van der Waals surface area contributed by atoms with Gasteiger partial charge in [0.25, 0.3) is 0 Å². The van der Waals surface area contributed by atoms with Gasteiger partial charge in [0.05, 0.1) is 18.4 Å². The second-order valence-electron chi connectivity index (χ2n) is 2.73. The minimum Gasteiger partial charge on any atom is -0.481 e. The lowest BCUT2D eigenvalue weighted by atomic mass is 10.2. The molecule has 0 aliphatic carbocycles. The summed E-state index contributed by atoms with van der Waals surface area (Å²) in [5.41, 5.74) is 1.68. The summed E-state index contributed by atoms with van der Waals surface area (Å²) in [6.07, 6.45) is 1.68. The van der Waals surface area contributed by atoms with Gasteiger partial charge in [-0.15, -0.1) is 11.3 Å². The van der Waals surface area contributed by atoms with Crippen molar-refractivity contribution in [2.45, 2.75) is 0 Å². The van der Waals surface area contributed by atoms with Gasteiger partial charge in [0.1, 0.15) is 0 Å². The Bertz CT molecular complexity index is 481. The highest BCUT2D eigenvalue weighted by Gasteiger charge is 2.09. The molecule has 0 amide bonds.